The van der Waals surface area contributed by atoms with E-state index < -0.39 is 5.79 Å². The van der Waals surface area contributed by atoms with Gasteiger partial charge in [-0.2, -0.15) is 5.10 Å². The zero-order valence-corrected chi connectivity index (χ0v) is 11.1. The molecule has 1 saturated heterocycles. The summed E-state index contributed by atoms with van der Waals surface area (Å²) in [6.45, 7) is 1.35. The quantitative estimate of drug-likeness (QED) is 0.875. The zero-order chi connectivity index (χ0) is 13.3. The number of hydrogen-bond acceptors (Lipinski definition) is 4. The van der Waals surface area contributed by atoms with E-state index in [9.17, 15) is 4.79 Å². The zero-order valence-electron chi connectivity index (χ0n) is 11.1. The van der Waals surface area contributed by atoms with Crippen LogP contribution in [0.4, 0.5) is 5.82 Å². The molecule has 1 aliphatic carbocycles. The predicted molar refractivity (Wildman–Crippen MR) is 68.4 cm³/mol. The number of carbonyl (C=O) groups is 1. The molecule has 1 aliphatic heterocycles. The van der Waals surface area contributed by atoms with Crippen LogP contribution in [0, 0.1) is 5.92 Å². The maximum Gasteiger partial charge on any atom is 0.228 e. The van der Waals surface area contributed by atoms with Crippen LogP contribution in [0.5, 0.6) is 0 Å². The number of rotatable bonds is 2. The average Bonchev–Trinajstić information content (AvgIpc) is 3.01. The van der Waals surface area contributed by atoms with Crippen LogP contribution in [0.2, 0.25) is 0 Å². The number of ether oxygens (including phenoxy) is 2. The molecule has 1 spiro atoms. The van der Waals surface area contributed by atoms with Crippen LogP contribution in [0.3, 0.4) is 0 Å². The summed E-state index contributed by atoms with van der Waals surface area (Å²) in [5, 5.41) is 6.95. The van der Waals surface area contributed by atoms with Crippen molar-refractivity contribution < 1.29 is 14.3 Å². The minimum atomic E-state index is -0.399. The Morgan fingerprint density at radius 3 is 2.68 bits per heavy atom. The van der Waals surface area contributed by atoms with Gasteiger partial charge < -0.3 is 14.8 Å². The normalized spacial score (nSPS) is 22.8. The van der Waals surface area contributed by atoms with Crippen LogP contribution in [0.1, 0.15) is 25.7 Å². The SMILES string of the molecule is Cn1nccc1NC(=O)C1CCC2(CC1)OCCO2. The molecule has 19 heavy (non-hydrogen) atoms. The Hall–Kier alpha value is -1.40. The van der Waals surface area contributed by atoms with Crippen LogP contribution < -0.4 is 5.32 Å². The van der Waals surface area contributed by atoms with Crippen LogP contribution >= 0.6 is 0 Å². The smallest absolute Gasteiger partial charge is 0.228 e. The fourth-order valence-corrected chi connectivity index (χ4v) is 2.83. The van der Waals surface area contributed by atoms with Gasteiger partial charge in [0.1, 0.15) is 5.82 Å². The summed E-state index contributed by atoms with van der Waals surface area (Å²) >= 11 is 0. The van der Waals surface area contributed by atoms with Gasteiger partial charge in [-0.1, -0.05) is 0 Å². The Kier molecular flexibility index (Phi) is 3.28. The molecule has 1 amide bonds. The first-order valence-electron chi connectivity index (χ1n) is 6.75. The molecule has 1 saturated carbocycles. The van der Waals surface area contributed by atoms with Gasteiger partial charge in [0.15, 0.2) is 5.79 Å². The molecular weight excluding hydrogens is 246 g/mol. The van der Waals surface area contributed by atoms with Crippen LogP contribution in [-0.2, 0) is 21.3 Å². The van der Waals surface area contributed by atoms with Crippen molar-refractivity contribution in [3.63, 3.8) is 0 Å². The van der Waals surface area contributed by atoms with E-state index in [1.165, 1.54) is 0 Å². The van der Waals surface area contributed by atoms with Gasteiger partial charge in [-0.25, -0.2) is 0 Å². The van der Waals surface area contributed by atoms with E-state index in [-0.39, 0.29) is 11.8 Å². The van der Waals surface area contributed by atoms with Crippen molar-refractivity contribution >= 4 is 11.7 Å². The van der Waals surface area contributed by atoms with Gasteiger partial charge in [-0.3, -0.25) is 9.48 Å². The summed E-state index contributed by atoms with van der Waals surface area (Å²) in [6.07, 6.45) is 4.89. The highest BCUT2D eigenvalue weighted by Crippen LogP contribution is 2.38. The van der Waals surface area contributed by atoms with E-state index in [1.807, 2.05) is 7.05 Å². The Morgan fingerprint density at radius 1 is 1.42 bits per heavy atom. The molecule has 0 aromatic carbocycles. The minimum Gasteiger partial charge on any atom is -0.348 e. The number of amides is 1. The summed E-state index contributed by atoms with van der Waals surface area (Å²) in [5.41, 5.74) is 0. The molecule has 6 heteroatoms. The number of nitrogens with one attached hydrogen (secondary N) is 1. The monoisotopic (exact) mass is 265 g/mol. The van der Waals surface area contributed by atoms with Crippen molar-refractivity contribution in [1.82, 2.24) is 9.78 Å². The fraction of sp³-hybridized carbons (Fsp3) is 0.692. The highest BCUT2D eigenvalue weighted by molar-refractivity contribution is 5.91. The molecule has 3 rings (SSSR count). The summed E-state index contributed by atoms with van der Waals surface area (Å²) in [5.74, 6) is 0.437. The molecule has 2 heterocycles. The molecule has 2 fully saturated rings. The van der Waals surface area contributed by atoms with E-state index in [4.69, 9.17) is 9.47 Å². The first kappa shape index (κ1) is 12.6. The molecule has 0 atom stereocenters. The number of hydrogen-bond donors (Lipinski definition) is 1. The van der Waals surface area contributed by atoms with Crippen LogP contribution in [-0.4, -0.2) is 34.7 Å². The summed E-state index contributed by atoms with van der Waals surface area (Å²) in [6, 6.07) is 1.80. The molecule has 104 valence electrons. The third kappa shape index (κ3) is 2.50. The second-order valence-electron chi connectivity index (χ2n) is 5.21. The third-order valence-electron chi connectivity index (χ3n) is 4.00. The second-order valence-corrected chi connectivity index (χ2v) is 5.21. The van der Waals surface area contributed by atoms with Gasteiger partial charge >= 0.3 is 0 Å². The van der Waals surface area contributed by atoms with E-state index in [0.29, 0.717) is 13.2 Å². The van der Waals surface area contributed by atoms with Crippen LogP contribution in [0.15, 0.2) is 12.3 Å². The van der Waals surface area contributed by atoms with Crippen molar-refractivity contribution in [3.05, 3.63) is 12.3 Å². The summed E-state index contributed by atoms with van der Waals surface area (Å²) in [4.78, 5) is 12.2. The van der Waals surface area contributed by atoms with Crippen molar-refractivity contribution in [3.8, 4) is 0 Å². The number of nitrogens with zero attached hydrogens (tertiary/aromatic N) is 2. The van der Waals surface area contributed by atoms with Crippen molar-refractivity contribution in [2.24, 2.45) is 13.0 Å². The largest absolute Gasteiger partial charge is 0.348 e. The van der Waals surface area contributed by atoms with Gasteiger partial charge in [0.25, 0.3) is 0 Å². The number of carbonyl (C=O) groups excluding carboxylic acids is 1. The standard InChI is InChI=1S/C13H19N3O3/c1-16-11(4-7-14-16)15-12(17)10-2-5-13(6-3-10)18-8-9-19-13/h4,7,10H,2-3,5-6,8-9H2,1H3,(H,15,17). The Labute approximate surface area is 112 Å². The van der Waals surface area contributed by atoms with Crippen molar-refractivity contribution in [2.75, 3.05) is 18.5 Å². The maximum absolute atomic E-state index is 12.2. The first-order chi connectivity index (χ1) is 9.19. The highest BCUT2D eigenvalue weighted by Gasteiger charge is 2.41. The lowest BCUT2D eigenvalue weighted by atomic mass is 9.84. The molecule has 0 radical (unpaired) electrons. The lowest BCUT2D eigenvalue weighted by molar-refractivity contribution is -0.182. The first-order valence-corrected chi connectivity index (χ1v) is 6.75. The Bertz CT molecular complexity index is 455. The average molecular weight is 265 g/mol. The maximum atomic E-state index is 12.2. The molecule has 6 nitrogen and oxygen atoms in total. The molecule has 0 unspecified atom stereocenters. The number of aromatic nitrogens is 2. The van der Waals surface area contributed by atoms with Gasteiger partial charge in [-0.15, -0.1) is 0 Å². The summed E-state index contributed by atoms with van der Waals surface area (Å²) < 4.78 is 13.0. The third-order valence-corrected chi connectivity index (χ3v) is 4.00. The van der Waals surface area contributed by atoms with Gasteiger partial charge in [0, 0.05) is 31.9 Å². The Morgan fingerprint density at radius 2 is 2.11 bits per heavy atom. The fourth-order valence-electron chi connectivity index (χ4n) is 2.83. The Balaban J connectivity index is 1.56. The second kappa shape index (κ2) is 4.94. The van der Waals surface area contributed by atoms with E-state index in [2.05, 4.69) is 10.4 Å². The van der Waals surface area contributed by atoms with Gasteiger partial charge in [0.2, 0.25) is 5.91 Å². The lowest BCUT2D eigenvalue weighted by Crippen LogP contribution is -2.38. The van der Waals surface area contributed by atoms with Gasteiger partial charge in [0.05, 0.1) is 19.4 Å². The van der Waals surface area contributed by atoms with Crippen molar-refractivity contribution in [2.45, 2.75) is 31.5 Å². The topological polar surface area (TPSA) is 65.4 Å². The molecule has 1 aromatic rings. The molecular formula is C13H19N3O3. The van der Waals surface area contributed by atoms with Crippen molar-refractivity contribution in [1.29, 1.82) is 0 Å². The van der Waals surface area contributed by atoms with E-state index >= 15 is 0 Å². The lowest BCUT2D eigenvalue weighted by Gasteiger charge is -2.34. The highest BCUT2D eigenvalue weighted by atomic mass is 16.7. The predicted octanol–water partition coefficient (Wildman–Crippen LogP) is 1.29. The number of anilines is 1. The van der Waals surface area contributed by atoms with E-state index in [1.54, 1.807) is 16.9 Å². The summed E-state index contributed by atoms with van der Waals surface area (Å²) in [7, 11) is 1.81. The molecule has 1 N–H and O–H groups in total. The minimum absolute atomic E-state index is 0.0355. The van der Waals surface area contributed by atoms with Gasteiger partial charge in [-0.05, 0) is 12.8 Å². The number of aryl methyl sites for hydroxylation is 1. The molecule has 0 bridgehead atoms. The molecule has 1 aromatic heterocycles. The van der Waals surface area contributed by atoms with Crippen LogP contribution in [0.25, 0.3) is 0 Å². The van der Waals surface area contributed by atoms with E-state index in [0.717, 1.165) is 31.5 Å². The molecule has 2 aliphatic rings.